The number of rotatable bonds is 6. The summed E-state index contributed by atoms with van der Waals surface area (Å²) in [7, 11) is 0. The van der Waals surface area contributed by atoms with Crippen molar-refractivity contribution in [3.05, 3.63) is 47.8 Å². The fraction of sp³-hybridized carbons (Fsp3) is 0.294. The standard InChI is InChI=1S/C17H17F3N4O3/c1-10(17(18,19)20)27-15-4-3-12(8-22-15)9-23-16(26)13-5-6-21-14(7-13)24-11(2)25/h3-8,10H,9H2,1-2H3,(H,23,26)(H,21,24,25)/t10-/m1/s1. The van der Waals surface area contributed by atoms with Gasteiger partial charge in [-0.25, -0.2) is 9.97 Å². The molecule has 144 valence electrons. The van der Waals surface area contributed by atoms with Crippen molar-refractivity contribution >= 4 is 17.6 Å². The molecule has 27 heavy (non-hydrogen) atoms. The van der Waals surface area contributed by atoms with E-state index < -0.39 is 18.2 Å². The number of alkyl halides is 3. The Morgan fingerprint density at radius 2 is 1.96 bits per heavy atom. The summed E-state index contributed by atoms with van der Waals surface area (Å²) < 4.78 is 42.1. The molecule has 2 rings (SSSR count). The zero-order valence-corrected chi connectivity index (χ0v) is 14.5. The van der Waals surface area contributed by atoms with Crippen LogP contribution < -0.4 is 15.4 Å². The maximum absolute atomic E-state index is 12.5. The third-order valence-corrected chi connectivity index (χ3v) is 3.34. The third kappa shape index (κ3) is 6.24. The lowest BCUT2D eigenvalue weighted by Crippen LogP contribution is -2.31. The van der Waals surface area contributed by atoms with Gasteiger partial charge in [0.25, 0.3) is 5.91 Å². The SMILES string of the molecule is CC(=O)Nc1cc(C(=O)NCc2ccc(O[C@H](C)C(F)(F)F)nc2)ccn1. The molecule has 2 amide bonds. The number of pyridine rings is 2. The Kier molecular flexibility index (Phi) is 6.32. The second-order valence-corrected chi connectivity index (χ2v) is 5.60. The molecule has 2 heterocycles. The second-order valence-electron chi connectivity index (χ2n) is 5.60. The van der Waals surface area contributed by atoms with Crippen molar-refractivity contribution in [1.29, 1.82) is 0 Å². The smallest absolute Gasteiger partial charge is 0.425 e. The lowest BCUT2D eigenvalue weighted by molar-refractivity contribution is -0.189. The van der Waals surface area contributed by atoms with Gasteiger partial charge < -0.3 is 15.4 Å². The van der Waals surface area contributed by atoms with Gasteiger partial charge >= 0.3 is 6.18 Å². The highest BCUT2D eigenvalue weighted by atomic mass is 19.4. The van der Waals surface area contributed by atoms with Gasteiger partial charge in [0.2, 0.25) is 11.8 Å². The zero-order valence-electron chi connectivity index (χ0n) is 14.5. The van der Waals surface area contributed by atoms with E-state index in [2.05, 4.69) is 20.6 Å². The molecule has 1 atom stereocenters. The van der Waals surface area contributed by atoms with Gasteiger partial charge in [0.1, 0.15) is 5.82 Å². The van der Waals surface area contributed by atoms with Crippen LogP contribution in [0.1, 0.15) is 29.8 Å². The fourth-order valence-electron chi connectivity index (χ4n) is 1.94. The van der Waals surface area contributed by atoms with E-state index in [9.17, 15) is 22.8 Å². The van der Waals surface area contributed by atoms with Gasteiger partial charge in [-0.05, 0) is 24.6 Å². The molecule has 0 fully saturated rings. The van der Waals surface area contributed by atoms with Gasteiger partial charge in [0.05, 0.1) is 0 Å². The number of halogens is 3. The third-order valence-electron chi connectivity index (χ3n) is 3.34. The minimum Gasteiger partial charge on any atom is -0.465 e. The van der Waals surface area contributed by atoms with Crippen molar-refractivity contribution in [1.82, 2.24) is 15.3 Å². The first-order chi connectivity index (χ1) is 12.6. The van der Waals surface area contributed by atoms with Crippen LogP contribution in [0.5, 0.6) is 5.88 Å². The highest BCUT2D eigenvalue weighted by Crippen LogP contribution is 2.23. The number of aromatic nitrogens is 2. The average molecular weight is 382 g/mol. The number of carbonyl (C=O) groups excluding carboxylic acids is 2. The van der Waals surface area contributed by atoms with Crippen LogP contribution in [-0.2, 0) is 11.3 Å². The monoisotopic (exact) mass is 382 g/mol. The number of carbonyl (C=O) groups is 2. The summed E-state index contributed by atoms with van der Waals surface area (Å²) in [6.07, 6.45) is -3.75. The summed E-state index contributed by atoms with van der Waals surface area (Å²) in [4.78, 5) is 30.9. The van der Waals surface area contributed by atoms with Crippen LogP contribution in [0, 0.1) is 0 Å². The van der Waals surface area contributed by atoms with Gasteiger partial charge in [0.15, 0.2) is 6.10 Å². The lowest BCUT2D eigenvalue weighted by Gasteiger charge is -2.16. The molecule has 0 unspecified atom stereocenters. The van der Waals surface area contributed by atoms with Crippen LogP contribution in [0.2, 0.25) is 0 Å². The summed E-state index contributed by atoms with van der Waals surface area (Å²) in [6.45, 7) is 2.32. The number of amides is 2. The molecule has 0 aliphatic rings. The lowest BCUT2D eigenvalue weighted by atomic mass is 10.2. The highest BCUT2D eigenvalue weighted by molar-refractivity contribution is 5.96. The van der Waals surface area contributed by atoms with Crippen LogP contribution in [0.15, 0.2) is 36.7 Å². The van der Waals surface area contributed by atoms with E-state index in [0.29, 0.717) is 11.1 Å². The van der Waals surface area contributed by atoms with Crippen LogP contribution in [0.4, 0.5) is 19.0 Å². The number of ether oxygens (including phenoxy) is 1. The molecule has 10 heteroatoms. The highest BCUT2D eigenvalue weighted by Gasteiger charge is 2.38. The summed E-state index contributed by atoms with van der Waals surface area (Å²) in [6, 6.07) is 5.70. The molecule has 2 aromatic rings. The molecule has 0 saturated carbocycles. The van der Waals surface area contributed by atoms with E-state index in [4.69, 9.17) is 4.74 Å². The van der Waals surface area contributed by atoms with E-state index in [1.807, 2.05) is 0 Å². The Labute approximate surface area is 153 Å². The predicted octanol–water partition coefficient (Wildman–Crippen LogP) is 2.69. The Morgan fingerprint density at radius 3 is 2.56 bits per heavy atom. The van der Waals surface area contributed by atoms with Gasteiger partial charge in [0, 0.05) is 37.5 Å². The first-order valence-corrected chi connectivity index (χ1v) is 7.85. The molecule has 0 radical (unpaired) electrons. The summed E-state index contributed by atoms with van der Waals surface area (Å²) in [5.74, 6) is -0.635. The summed E-state index contributed by atoms with van der Waals surface area (Å²) >= 11 is 0. The second kappa shape index (κ2) is 8.47. The van der Waals surface area contributed by atoms with Gasteiger partial charge in [-0.2, -0.15) is 13.2 Å². The predicted molar refractivity (Wildman–Crippen MR) is 90.1 cm³/mol. The number of hydrogen-bond acceptors (Lipinski definition) is 5. The van der Waals surface area contributed by atoms with Crippen LogP contribution >= 0.6 is 0 Å². The molecule has 0 aliphatic carbocycles. The number of nitrogens with zero attached hydrogens (tertiary/aromatic N) is 2. The molecule has 2 N–H and O–H groups in total. The molecule has 0 aromatic carbocycles. The molecule has 0 bridgehead atoms. The molecular weight excluding hydrogens is 365 g/mol. The molecular formula is C17H17F3N4O3. The van der Waals surface area contributed by atoms with Crippen LogP contribution in [0.25, 0.3) is 0 Å². The van der Waals surface area contributed by atoms with Crippen molar-refractivity contribution in [2.45, 2.75) is 32.7 Å². The van der Waals surface area contributed by atoms with Crippen molar-refractivity contribution in [3.63, 3.8) is 0 Å². The maximum Gasteiger partial charge on any atom is 0.425 e. The van der Waals surface area contributed by atoms with E-state index in [0.717, 1.165) is 6.92 Å². The minimum atomic E-state index is -4.48. The zero-order chi connectivity index (χ0) is 20.0. The minimum absolute atomic E-state index is 0.110. The van der Waals surface area contributed by atoms with Gasteiger partial charge in [-0.1, -0.05) is 6.07 Å². The Bertz CT molecular complexity index is 810. The Morgan fingerprint density at radius 1 is 1.22 bits per heavy atom. The van der Waals surface area contributed by atoms with Gasteiger partial charge in [-0.3, -0.25) is 9.59 Å². The van der Waals surface area contributed by atoms with Gasteiger partial charge in [-0.15, -0.1) is 0 Å². The van der Waals surface area contributed by atoms with Crippen molar-refractivity contribution in [3.8, 4) is 5.88 Å². The average Bonchev–Trinajstić information content (AvgIpc) is 2.59. The number of hydrogen-bond donors (Lipinski definition) is 2. The first kappa shape index (κ1) is 20.1. The largest absolute Gasteiger partial charge is 0.465 e. The number of nitrogens with one attached hydrogen (secondary N) is 2. The summed E-state index contributed by atoms with van der Waals surface area (Å²) in [5, 5.41) is 5.11. The Balaban J connectivity index is 1.93. The van der Waals surface area contributed by atoms with E-state index in [-0.39, 0.29) is 24.1 Å². The molecule has 0 saturated heterocycles. The normalized spacial score (nSPS) is 12.2. The topological polar surface area (TPSA) is 93.2 Å². The molecule has 2 aromatic heterocycles. The number of anilines is 1. The van der Waals surface area contributed by atoms with Crippen LogP contribution in [0.3, 0.4) is 0 Å². The van der Waals surface area contributed by atoms with Crippen LogP contribution in [-0.4, -0.2) is 34.1 Å². The van der Waals surface area contributed by atoms with Crippen molar-refractivity contribution in [2.24, 2.45) is 0 Å². The van der Waals surface area contributed by atoms with Crippen molar-refractivity contribution in [2.75, 3.05) is 5.32 Å². The molecule has 0 aliphatic heterocycles. The van der Waals surface area contributed by atoms with E-state index in [1.54, 1.807) is 0 Å². The maximum atomic E-state index is 12.5. The Hall–Kier alpha value is -3.17. The fourth-order valence-corrected chi connectivity index (χ4v) is 1.94. The molecule has 7 nitrogen and oxygen atoms in total. The van der Waals surface area contributed by atoms with Crippen molar-refractivity contribution < 1.29 is 27.5 Å². The quantitative estimate of drug-likeness (QED) is 0.801. The van der Waals surface area contributed by atoms with E-state index >= 15 is 0 Å². The summed E-state index contributed by atoms with van der Waals surface area (Å²) in [5.41, 5.74) is 0.868. The molecule has 0 spiro atoms. The first-order valence-electron chi connectivity index (χ1n) is 7.85. The van der Waals surface area contributed by atoms with E-state index in [1.165, 1.54) is 43.6 Å².